The normalized spacial score (nSPS) is 15.1. The van der Waals surface area contributed by atoms with E-state index in [1.54, 1.807) is 6.07 Å². The molecule has 18 heavy (non-hydrogen) atoms. The molecule has 0 bridgehead atoms. The topological polar surface area (TPSA) is 52.9 Å². The van der Waals surface area contributed by atoms with Crippen LogP contribution in [0.5, 0.6) is 0 Å². The van der Waals surface area contributed by atoms with Crippen LogP contribution in [0.3, 0.4) is 0 Å². The molecule has 0 atom stereocenters. The molecule has 92 valence electrons. The van der Waals surface area contributed by atoms with Crippen LogP contribution in [0.2, 0.25) is 0 Å². The number of nitrogens with one attached hydrogen (secondary N) is 1. The summed E-state index contributed by atoms with van der Waals surface area (Å²) in [6.07, 6.45) is 2.75. The van der Waals surface area contributed by atoms with Gasteiger partial charge in [-0.25, -0.2) is 8.78 Å². The molecule has 1 saturated carbocycles. The first-order valence-electron chi connectivity index (χ1n) is 5.48. The quantitative estimate of drug-likeness (QED) is 0.658. The molecule has 0 spiro atoms. The predicted octanol–water partition coefficient (Wildman–Crippen LogP) is 2.76. The molecule has 3 nitrogen and oxygen atoms in total. The van der Waals surface area contributed by atoms with Gasteiger partial charge >= 0.3 is 0 Å². The van der Waals surface area contributed by atoms with E-state index in [1.807, 2.05) is 0 Å². The fourth-order valence-corrected chi connectivity index (χ4v) is 1.48. The lowest BCUT2D eigenvalue weighted by Crippen LogP contribution is -2.05. The van der Waals surface area contributed by atoms with Gasteiger partial charge in [-0.15, -0.1) is 0 Å². The highest BCUT2D eigenvalue weighted by Gasteiger charge is 2.31. The second kappa shape index (κ2) is 4.96. The largest absolute Gasteiger partial charge is 0.358 e. The molecule has 1 aliphatic carbocycles. The molecular weight excluding hydrogens is 238 g/mol. The highest BCUT2D eigenvalue weighted by atomic mass is 19.1. The van der Waals surface area contributed by atoms with Crippen LogP contribution in [0.25, 0.3) is 0 Å². The molecule has 2 rings (SSSR count). The number of rotatable bonds is 4. The Morgan fingerprint density at radius 2 is 2.17 bits per heavy atom. The molecule has 0 aliphatic heterocycles. The average molecular weight is 248 g/mol. The maximum Gasteiger partial charge on any atom is 0.177 e. The van der Waals surface area contributed by atoms with Gasteiger partial charge in [-0.05, 0) is 25.0 Å². The van der Waals surface area contributed by atoms with E-state index in [4.69, 9.17) is 5.26 Å². The molecular formula is C13H10F2N2O. The van der Waals surface area contributed by atoms with Crippen molar-refractivity contribution in [1.82, 2.24) is 0 Å². The van der Waals surface area contributed by atoms with Crippen LogP contribution < -0.4 is 5.32 Å². The Kier molecular flexibility index (Phi) is 3.38. The second-order valence-corrected chi connectivity index (χ2v) is 4.08. The van der Waals surface area contributed by atoms with Gasteiger partial charge in [0.2, 0.25) is 0 Å². The maximum atomic E-state index is 13.3. The second-order valence-electron chi connectivity index (χ2n) is 4.08. The summed E-state index contributed by atoms with van der Waals surface area (Å²) in [6.45, 7) is 0. The van der Waals surface area contributed by atoms with Gasteiger partial charge in [-0.2, -0.15) is 5.26 Å². The number of Topliss-reactive ketones (excluding diaryl/α,β-unsaturated/α-hetero) is 1. The Hall–Kier alpha value is -2.22. The summed E-state index contributed by atoms with van der Waals surface area (Å²) in [5.41, 5.74) is -0.0195. The minimum absolute atomic E-state index is 0.0211. The average Bonchev–Trinajstić information content (AvgIpc) is 3.16. The molecule has 0 saturated heterocycles. The van der Waals surface area contributed by atoms with Gasteiger partial charge in [0.15, 0.2) is 5.78 Å². The zero-order valence-electron chi connectivity index (χ0n) is 9.41. The van der Waals surface area contributed by atoms with Crippen LogP contribution >= 0.6 is 0 Å². The van der Waals surface area contributed by atoms with Gasteiger partial charge in [0.1, 0.15) is 23.3 Å². The van der Waals surface area contributed by atoms with Crippen molar-refractivity contribution in [2.45, 2.75) is 12.8 Å². The standard InChI is InChI=1S/C13H10F2N2O/c14-10-3-4-12(11(15)5-10)17-7-9(6-16)13(18)8-1-2-8/h3-5,7-8,17H,1-2H2/b9-7+. The number of halogens is 2. The lowest BCUT2D eigenvalue weighted by Gasteiger charge is -2.03. The summed E-state index contributed by atoms with van der Waals surface area (Å²) in [4.78, 5) is 11.6. The highest BCUT2D eigenvalue weighted by molar-refractivity contribution is 6.02. The molecule has 5 heteroatoms. The summed E-state index contributed by atoms with van der Waals surface area (Å²) < 4.78 is 25.9. The summed E-state index contributed by atoms with van der Waals surface area (Å²) in [6, 6.07) is 4.80. The third-order valence-electron chi connectivity index (χ3n) is 2.64. The monoisotopic (exact) mass is 248 g/mol. The fraction of sp³-hybridized carbons (Fsp3) is 0.231. The van der Waals surface area contributed by atoms with Crippen molar-refractivity contribution in [3.63, 3.8) is 0 Å². The van der Waals surface area contributed by atoms with Crippen molar-refractivity contribution in [3.05, 3.63) is 41.6 Å². The van der Waals surface area contributed by atoms with Gasteiger partial charge in [-0.3, -0.25) is 4.79 Å². The van der Waals surface area contributed by atoms with Crippen molar-refractivity contribution in [2.75, 3.05) is 5.32 Å². The molecule has 1 N–H and O–H groups in total. The summed E-state index contributed by atoms with van der Waals surface area (Å²) >= 11 is 0. The zero-order valence-corrected chi connectivity index (χ0v) is 9.41. The van der Waals surface area contributed by atoms with Crippen LogP contribution in [0.1, 0.15) is 12.8 Å². The van der Waals surface area contributed by atoms with Crippen LogP contribution in [0.15, 0.2) is 30.0 Å². The van der Waals surface area contributed by atoms with Crippen LogP contribution in [-0.4, -0.2) is 5.78 Å². The third kappa shape index (κ3) is 2.72. The van der Waals surface area contributed by atoms with E-state index >= 15 is 0 Å². The Morgan fingerprint density at radius 3 is 2.72 bits per heavy atom. The minimum Gasteiger partial charge on any atom is -0.358 e. The molecule has 0 heterocycles. The molecule has 0 unspecified atom stereocenters. The molecule has 1 fully saturated rings. The number of anilines is 1. The molecule has 0 aromatic heterocycles. The number of allylic oxidation sites excluding steroid dienone is 1. The minimum atomic E-state index is -0.776. The van der Waals surface area contributed by atoms with Gasteiger partial charge in [0, 0.05) is 18.2 Å². The van der Waals surface area contributed by atoms with Gasteiger partial charge in [0.25, 0.3) is 0 Å². The molecule has 0 radical (unpaired) electrons. The number of benzene rings is 1. The number of nitrogens with zero attached hydrogens (tertiary/aromatic N) is 1. The summed E-state index contributed by atoms with van der Waals surface area (Å²) in [5.74, 6) is -1.76. The SMILES string of the molecule is N#C/C(=C\Nc1ccc(F)cc1F)C(=O)C1CC1. The first-order valence-corrected chi connectivity index (χ1v) is 5.48. The van der Waals surface area contributed by atoms with Crippen molar-refractivity contribution in [3.8, 4) is 6.07 Å². The van der Waals surface area contributed by atoms with Crippen molar-refractivity contribution >= 4 is 11.5 Å². The first kappa shape index (κ1) is 12.2. The van der Waals surface area contributed by atoms with Crippen molar-refractivity contribution < 1.29 is 13.6 Å². The van der Waals surface area contributed by atoms with Gasteiger partial charge in [0.05, 0.1) is 5.69 Å². The molecule has 0 amide bonds. The molecule has 1 aromatic rings. The zero-order chi connectivity index (χ0) is 13.1. The number of nitriles is 1. The van der Waals surface area contributed by atoms with Crippen molar-refractivity contribution in [1.29, 1.82) is 5.26 Å². The Labute approximate surface area is 103 Å². The number of ketones is 1. The number of hydrogen-bond donors (Lipinski definition) is 1. The Balaban J connectivity index is 2.13. The number of carbonyl (C=O) groups excluding carboxylic acids is 1. The first-order chi connectivity index (χ1) is 8.61. The van der Waals surface area contributed by atoms with E-state index < -0.39 is 11.6 Å². The number of carbonyl (C=O) groups is 1. The van der Waals surface area contributed by atoms with Crippen LogP contribution in [-0.2, 0) is 4.79 Å². The summed E-state index contributed by atoms with van der Waals surface area (Å²) in [5, 5.41) is 11.3. The lowest BCUT2D eigenvalue weighted by atomic mass is 10.1. The summed E-state index contributed by atoms with van der Waals surface area (Å²) in [7, 11) is 0. The third-order valence-corrected chi connectivity index (χ3v) is 2.64. The smallest absolute Gasteiger partial charge is 0.177 e. The lowest BCUT2D eigenvalue weighted by molar-refractivity contribution is -0.116. The molecule has 1 aromatic carbocycles. The Morgan fingerprint density at radius 1 is 1.44 bits per heavy atom. The van der Waals surface area contributed by atoms with E-state index in [2.05, 4.69) is 5.32 Å². The Bertz CT molecular complexity index is 557. The van der Waals surface area contributed by atoms with E-state index in [-0.39, 0.29) is 23.0 Å². The maximum absolute atomic E-state index is 13.3. The van der Waals surface area contributed by atoms with Crippen LogP contribution in [0, 0.1) is 28.9 Å². The van der Waals surface area contributed by atoms with Gasteiger partial charge < -0.3 is 5.32 Å². The number of hydrogen-bond acceptors (Lipinski definition) is 3. The van der Waals surface area contributed by atoms with E-state index in [1.165, 1.54) is 6.07 Å². The van der Waals surface area contributed by atoms with E-state index in [0.717, 1.165) is 31.2 Å². The van der Waals surface area contributed by atoms with Crippen LogP contribution in [0.4, 0.5) is 14.5 Å². The van der Waals surface area contributed by atoms with Crippen molar-refractivity contribution in [2.24, 2.45) is 5.92 Å². The fourth-order valence-electron chi connectivity index (χ4n) is 1.48. The van der Waals surface area contributed by atoms with E-state index in [9.17, 15) is 13.6 Å². The predicted molar refractivity (Wildman–Crippen MR) is 61.4 cm³/mol. The van der Waals surface area contributed by atoms with Gasteiger partial charge in [-0.1, -0.05) is 0 Å². The van der Waals surface area contributed by atoms with E-state index in [0.29, 0.717) is 0 Å². The molecule has 1 aliphatic rings. The highest BCUT2D eigenvalue weighted by Crippen LogP contribution is 2.32.